The van der Waals surface area contributed by atoms with Gasteiger partial charge in [-0.2, -0.15) is 0 Å². The molecular weight excluding hydrogens is 239 g/mol. The third-order valence-electron chi connectivity index (χ3n) is 3.32. The van der Waals surface area contributed by atoms with Gasteiger partial charge in [0.1, 0.15) is 5.82 Å². The lowest BCUT2D eigenvalue weighted by molar-refractivity contribution is -0.153. The molecule has 18 heavy (non-hydrogen) atoms. The van der Waals surface area contributed by atoms with E-state index in [0.29, 0.717) is 12.8 Å². The molecule has 2 rings (SSSR count). The minimum atomic E-state index is -0.897. The molecule has 1 fully saturated rings. The van der Waals surface area contributed by atoms with Gasteiger partial charge in [-0.15, -0.1) is 0 Å². The summed E-state index contributed by atoms with van der Waals surface area (Å²) in [5, 5.41) is 11.6. The van der Waals surface area contributed by atoms with Crippen molar-refractivity contribution in [2.45, 2.75) is 19.3 Å². The van der Waals surface area contributed by atoms with Gasteiger partial charge in [-0.25, -0.2) is 4.39 Å². The smallest absolute Gasteiger partial charge is 0.311 e. The molecule has 0 bridgehead atoms. The molecule has 2 N–H and O–H groups in total. The summed E-state index contributed by atoms with van der Waals surface area (Å²) in [6.45, 7) is 0.0671. The van der Waals surface area contributed by atoms with E-state index in [0.717, 1.165) is 18.7 Å². The van der Waals surface area contributed by atoms with E-state index in [1.165, 1.54) is 6.20 Å². The Hall–Kier alpha value is -1.98. The van der Waals surface area contributed by atoms with E-state index < -0.39 is 23.1 Å². The fourth-order valence-corrected chi connectivity index (χ4v) is 1.96. The standard InChI is InChI=1S/C12H13FN2O3/c13-9-4-8(5-14-6-9)10(16)15-7-12(11(17)18)2-1-3-12/h4-6H,1-3,7H2,(H,15,16)(H,17,18). The van der Waals surface area contributed by atoms with E-state index in [2.05, 4.69) is 10.3 Å². The summed E-state index contributed by atoms with van der Waals surface area (Å²) in [5.41, 5.74) is -0.758. The molecule has 1 amide bonds. The second-order valence-electron chi connectivity index (χ2n) is 4.51. The van der Waals surface area contributed by atoms with Gasteiger partial charge in [0.2, 0.25) is 0 Å². The van der Waals surface area contributed by atoms with Crippen LogP contribution in [0.15, 0.2) is 18.5 Å². The largest absolute Gasteiger partial charge is 0.481 e. The number of amides is 1. The third-order valence-corrected chi connectivity index (χ3v) is 3.32. The van der Waals surface area contributed by atoms with E-state index in [4.69, 9.17) is 5.11 Å². The Morgan fingerprint density at radius 3 is 2.67 bits per heavy atom. The number of rotatable bonds is 4. The minimum Gasteiger partial charge on any atom is -0.481 e. The van der Waals surface area contributed by atoms with Crippen LogP contribution in [0, 0.1) is 11.2 Å². The average molecular weight is 252 g/mol. The molecule has 0 aliphatic heterocycles. The Labute approximate surface area is 103 Å². The van der Waals surface area contributed by atoms with Crippen LogP contribution in [0.3, 0.4) is 0 Å². The van der Waals surface area contributed by atoms with Crippen molar-refractivity contribution in [2.75, 3.05) is 6.54 Å². The maximum Gasteiger partial charge on any atom is 0.311 e. The highest BCUT2D eigenvalue weighted by Crippen LogP contribution is 2.40. The lowest BCUT2D eigenvalue weighted by Crippen LogP contribution is -2.47. The van der Waals surface area contributed by atoms with Gasteiger partial charge in [0.05, 0.1) is 17.2 Å². The van der Waals surface area contributed by atoms with Gasteiger partial charge in [-0.05, 0) is 18.9 Å². The molecule has 1 heterocycles. The maximum atomic E-state index is 12.9. The third kappa shape index (κ3) is 2.32. The van der Waals surface area contributed by atoms with E-state index >= 15 is 0 Å². The number of carbonyl (C=O) groups is 2. The minimum absolute atomic E-state index is 0.0671. The molecule has 1 aromatic heterocycles. The van der Waals surface area contributed by atoms with Crippen molar-refractivity contribution in [1.82, 2.24) is 10.3 Å². The van der Waals surface area contributed by atoms with Crippen LogP contribution in [-0.2, 0) is 4.79 Å². The van der Waals surface area contributed by atoms with Gasteiger partial charge in [-0.1, -0.05) is 6.42 Å². The summed E-state index contributed by atoms with van der Waals surface area (Å²) in [4.78, 5) is 26.3. The Kier molecular flexibility index (Phi) is 3.27. The summed E-state index contributed by atoms with van der Waals surface area (Å²) in [6.07, 6.45) is 4.21. The fourth-order valence-electron chi connectivity index (χ4n) is 1.96. The average Bonchev–Trinajstić information content (AvgIpc) is 2.26. The van der Waals surface area contributed by atoms with Crippen molar-refractivity contribution in [3.63, 3.8) is 0 Å². The van der Waals surface area contributed by atoms with Gasteiger partial charge in [-0.3, -0.25) is 14.6 Å². The van der Waals surface area contributed by atoms with E-state index in [-0.39, 0.29) is 12.1 Å². The zero-order valence-corrected chi connectivity index (χ0v) is 9.65. The van der Waals surface area contributed by atoms with Gasteiger partial charge in [0.25, 0.3) is 5.91 Å². The van der Waals surface area contributed by atoms with Crippen LogP contribution in [0.5, 0.6) is 0 Å². The summed E-state index contributed by atoms with van der Waals surface area (Å²) >= 11 is 0. The maximum absolute atomic E-state index is 12.9. The molecule has 0 atom stereocenters. The molecule has 0 unspecified atom stereocenters. The van der Waals surface area contributed by atoms with Crippen LogP contribution < -0.4 is 5.32 Å². The van der Waals surface area contributed by atoms with Gasteiger partial charge < -0.3 is 10.4 Å². The summed E-state index contributed by atoms with van der Waals surface area (Å²) in [6, 6.07) is 1.07. The predicted octanol–water partition coefficient (Wildman–Crippen LogP) is 1.21. The molecule has 6 heteroatoms. The van der Waals surface area contributed by atoms with Gasteiger partial charge in [0, 0.05) is 12.7 Å². The molecule has 0 radical (unpaired) electrons. The van der Waals surface area contributed by atoms with Crippen LogP contribution in [0.1, 0.15) is 29.6 Å². The monoisotopic (exact) mass is 252 g/mol. The number of halogens is 1. The topological polar surface area (TPSA) is 79.3 Å². The van der Waals surface area contributed by atoms with Crippen molar-refractivity contribution in [3.05, 3.63) is 29.8 Å². The lowest BCUT2D eigenvalue weighted by Gasteiger charge is -2.37. The van der Waals surface area contributed by atoms with E-state index in [1.54, 1.807) is 0 Å². The molecule has 0 saturated heterocycles. The molecule has 1 aromatic rings. The van der Waals surface area contributed by atoms with Crippen molar-refractivity contribution < 1.29 is 19.1 Å². The van der Waals surface area contributed by atoms with E-state index in [1.807, 2.05) is 0 Å². The second-order valence-corrected chi connectivity index (χ2v) is 4.51. The van der Waals surface area contributed by atoms with Gasteiger partial charge >= 0.3 is 5.97 Å². The number of hydrogen-bond donors (Lipinski definition) is 2. The Balaban J connectivity index is 1.98. The lowest BCUT2D eigenvalue weighted by atomic mass is 9.69. The van der Waals surface area contributed by atoms with Crippen molar-refractivity contribution in [3.8, 4) is 0 Å². The summed E-state index contributed by atoms with van der Waals surface area (Å²) in [5.74, 6) is -2.00. The van der Waals surface area contributed by atoms with Crippen LogP contribution in [0.2, 0.25) is 0 Å². The van der Waals surface area contributed by atoms with E-state index in [9.17, 15) is 14.0 Å². The second kappa shape index (κ2) is 4.72. The number of aliphatic carboxylic acids is 1. The van der Waals surface area contributed by atoms with Crippen LogP contribution in [0.25, 0.3) is 0 Å². The molecule has 1 aliphatic rings. The molecule has 0 aromatic carbocycles. The Morgan fingerprint density at radius 2 is 2.17 bits per heavy atom. The SMILES string of the molecule is O=C(NCC1(C(=O)O)CCC1)c1cncc(F)c1. The van der Waals surface area contributed by atoms with Crippen LogP contribution in [0.4, 0.5) is 4.39 Å². The molecule has 1 saturated carbocycles. The Bertz CT molecular complexity index is 486. The van der Waals surface area contributed by atoms with Gasteiger partial charge in [0.15, 0.2) is 0 Å². The summed E-state index contributed by atoms with van der Waals surface area (Å²) < 4.78 is 12.9. The first-order chi connectivity index (χ1) is 8.53. The molecule has 5 nitrogen and oxygen atoms in total. The highest BCUT2D eigenvalue weighted by Gasteiger charge is 2.44. The number of nitrogens with one attached hydrogen (secondary N) is 1. The highest BCUT2D eigenvalue weighted by atomic mass is 19.1. The number of carbonyl (C=O) groups excluding carboxylic acids is 1. The predicted molar refractivity (Wildman–Crippen MR) is 60.4 cm³/mol. The highest BCUT2D eigenvalue weighted by molar-refractivity contribution is 5.94. The van der Waals surface area contributed by atoms with Crippen LogP contribution >= 0.6 is 0 Å². The number of aromatic nitrogens is 1. The molecule has 0 spiro atoms. The normalized spacial score (nSPS) is 16.7. The van der Waals surface area contributed by atoms with Crippen molar-refractivity contribution in [2.24, 2.45) is 5.41 Å². The number of pyridine rings is 1. The fraction of sp³-hybridized carbons (Fsp3) is 0.417. The first kappa shape index (κ1) is 12.5. The quantitative estimate of drug-likeness (QED) is 0.844. The first-order valence-electron chi connectivity index (χ1n) is 5.66. The molecule has 1 aliphatic carbocycles. The molecule has 96 valence electrons. The van der Waals surface area contributed by atoms with Crippen LogP contribution in [-0.4, -0.2) is 28.5 Å². The first-order valence-corrected chi connectivity index (χ1v) is 5.66. The zero-order valence-electron chi connectivity index (χ0n) is 9.65. The van der Waals surface area contributed by atoms with Crippen molar-refractivity contribution in [1.29, 1.82) is 0 Å². The number of carboxylic acid groups (broad SMARTS) is 1. The number of hydrogen-bond acceptors (Lipinski definition) is 3. The molecular formula is C12H13FN2O3. The number of carboxylic acids is 1. The Morgan fingerprint density at radius 1 is 1.44 bits per heavy atom. The summed E-state index contributed by atoms with van der Waals surface area (Å²) in [7, 11) is 0. The zero-order chi connectivity index (χ0) is 13.2. The number of nitrogens with zero attached hydrogens (tertiary/aromatic N) is 1. The van der Waals surface area contributed by atoms with Crippen molar-refractivity contribution >= 4 is 11.9 Å².